The number of aliphatic imine (C=N–C) groups is 1. The zero-order valence-corrected chi connectivity index (χ0v) is 16.6. The van der Waals surface area contributed by atoms with Gasteiger partial charge in [0.05, 0.1) is 23.4 Å². The van der Waals surface area contributed by atoms with Crippen LogP contribution in [-0.4, -0.2) is 38.6 Å². The van der Waals surface area contributed by atoms with E-state index in [2.05, 4.69) is 14.7 Å². The van der Waals surface area contributed by atoms with Crippen molar-refractivity contribution in [1.82, 2.24) is 9.58 Å². The molecule has 0 fully saturated rings. The van der Waals surface area contributed by atoms with Crippen molar-refractivity contribution in [3.8, 4) is 11.4 Å². The van der Waals surface area contributed by atoms with Gasteiger partial charge in [0.2, 0.25) is 0 Å². The monoisotopic (exact) mass is 393 g/mol. The number of fused-ring (bicyclic) bond motifs is 1. The number of hydrazone groups is 1. The van der Waals surface area contributed by atoms with E-state index in [1.165, 1.54) is 16.8 Å². The minimum Gasteiger partial charge on any atom is -0.492 e. The highest BCUT2D eigenvalue weighted by Crippen LogP contribution is 2.30. The van der Waals surface area contributed by atoms with Gasteiger partial charge in [0.1, 0.15) is 5.75 Å². The van der Waals surface area contributed by atoms with E-state index in [0.29, 0.717) is 11.8 Å². The van der Waals surface area contributed by atoms with E-state index < -0.39 is 5.91 Å². The van der Waals surface area contributed by atoms with Crippen molar-refractivity contribution in [1.29, 1.82) is 5.41 Å². The molecule has 0 radical (unpaired) electrons. The Hall–Kier alpha value is -3.13. The van der Waals surface area contributed by atoms with E-state index in [1.54, 1.807) is 11.6 Å². The zero-order chi connectivity index (χ0) is 19.8. The van der Waals surface area contributed by atoms with Crippen LogP contribution in [0.5, 0.6) is 5.75 Å². The number of benzene rings is 1. The fourth-order valence-electron chi connectivity index (χ4n) is 3.32. The number of thioether (sulfide) groups is 1. The summed E-state index contributed by atoms with van der Waals surface area (Å²) < 4.78 is 7.87. The summed E-state index contributed by atoms with van der Waals surface area (Å²) >= 11 is 1.23. The number of amidine groups is 2. The van der Waals surface area contributed by atoms with Gasteiger partial charge in [-0.15, -0.1) is 0 Å². The first kappa shape index (κ1) is 18.2. The van der Waals surface area contributed by atoms with Crippen LogP contribution in [0.2, 0.25) is 0 Å². The minimum absolute atomic E-state index is 0.0377. The number of hydrogen-bond acceptors (Lipinski definition) is 5. The van der Waals surface area contributed by atoms with Gasteiger partial charge in [0.15, 0.2) is 11.0 Å². The number of rotatable bonds is 4. The Morgan fingerprint density at radius 2 is 2.07 bits per heavy atom. The third-order valence-electron chi connectivity index (χ3n) is 4.57. The van der Waals surface area contributed by atoms with Crippen molar-refractivity contribution in [2.75, 3.05) is 6.61 Å². The van der Waals surface area contributed by atoms with Crippen molar-refractivity contribution >= 4 is 40.3 Å². The third-order valence-corrected chi connectivity index (χ3v) is 5.25. The summed E-state index contributed by atoms with van der Waals surface area (Å²) in [6, 6.07) is 9.84. The number of aryl methyl sites for hydroxylation is 1. The molecule has 2 aliphatic rings. The fraction of sp³-hybridized carbons (Fsp3) is 0.200. The first-order chi connectivity index (χ1) is 13.5. The predicted octanol–water partition coefficient (Wildman–Crippen LogP) is 3.74. The summed E-state index contributed by atoms with van der Waals surface area (Å²) in [4.78, 5) is 16.5. The second kappa shape index (κ2) is 7.12. The molecule has 0 aliphatic carbocycles. The number of carbonyl (C=O) groups is 1. The summed E-state index contributed by atoms with van der Waals surface area (Å²) in [6.07, 6.45) is 1.71. The lowest BCUT2D eigenvalue weighted by molar-refractivity contribution is -0.114. The molecule has 2 aliphatic heterocycles. The lowest BCUT2D eigenvalue weighted by Gasteiger charge is -2.20. The van der Waals surface area contributed by atoms with Gasteiger partial charge in [0, 0.05) is 11.4 Å². The number of aromatic nitrogens is 1. The van der Waals surface area contributed by atoms with E-state index in [0.717, 1.165) is 28.4 Å². The second-order valence-electron chi connectivity index (χ2n) is 6.32. The summed E-state index contributed by atoms with van der Waals surface area (Å²) in [5, 5.41) is 14.2. The molecular formula is C20H19N5O2S. The summed E-state index contributed by atoms with van der Waals surface area (Å²) in [5.41, 5.74) is 5.54. The highest BCUT2D eigenvalue weighted by molar-refractivity contribution is 8.25. The molecule has 8 heteroatoms. The molecule has 7 nitrogen and oxygen atoms in total. The van der Waals surface area contributed by atoms with Gasteiger partial charge in [-0.05, 0) is 62.4 Å². The topological polar surface area (TPSA) is 83.0 Å². The maximum atomic E-state index is 12.4. The summed E-state index contributed by atoms with van der Waals surface area (Å²) in [7, 11) is 0. The van der Waals surface area contributed by atoms with E-state index in [1.807, 2.05) is 51.1 Å². The normalized spacial score (nSPS) is 17.3. The van der Waals surface area contributed by atoms with Crippen molar-refractivity contribution in [3.63, 3.8) is 0 Å². The largest absolute Gasteiger partial charge is 0.492 e. The first-order valence-electron chi connectivity index (χ1n) is 8.85. The number of para-hydroxylation sites is 2. The van der Waals surface area contributed by atoms with Crippen molar-refractivity contribution in [2.24, 2.45) is 10.1 Å². The minimum atomic E-state index is -0.422. The lowest BCUT2D eigenvalue weighted by atomic mass is 10.1. The van der Waals surface area contributed by atoms with Crippen LogP contribution in [-0.2, 0) is 4.79 Å². The van der Waals surface area contributed by atoms with Crippen LogP contribution in [0.1, 0.15) is 23.9 Å². The molecule has 28 heavy (non-hydrogen) atoms. The van der Waals surface area contributed by atoms with Crippen LogP contribution < -0.4 is 4.74 Å². The van der Waals surface area contributed by atoms with Crippen molar-refractivity contribution < 1.29 is 9.53 Å². The molecule has 0 atom stereocenters. The summed E-state index contributed by atoms with van der Waals surface area (Å²) in [6.45, 7) is 6.52. The van der Waals surface area contributed by atoms with Crippen LogP contribution in [0.25, 0.3) is 11.8 Å². The van der Waals surface area contributed by atoms with Crippen LogP contribution in [0.4, 0.5) is 0 Å². The first-order valence-corrected chi connectivity index (χ1v) is 9.73. The third kappa shape index (κ3) is 2.95. The van der Waals surface area contributed by atoms with Crippen LogP contribution >= 0.6 is 11.8 Å². The maximum absolute atomic E-state index is 12.4. The fourth-order valence-corrected chi connectivity index (χ4v) is 3.93. The Balaban J connectivity index is 1.79. The van der Waals surface area contributed by atoms with Gasteiger partial charge in [0.25, 0.3) is 5.91 Å². The van der Waals surface area contributed by atoms with E-state index in [9.17, 15) is 4.79 Å². The molecule has 142 valence electrons. The molecule has 0 unspecified atom stereocenters. The zero-order valence-electron chi connectivity index (χ0n) is 15.8. The molecule has 0 bridgehead atoms. The van der Waals surface area contributed by atoms with Gasteiger partial charge in [-0.25, -0.2) is 0 Å². The Labute approximate surface area is 166 Å². The smallest absolute Gasteiger partial charge is 0.283 e. The Morgan fingerprint density at radius 1 is 1.29 bits per heavy atom. The van der Waals surface area contributed by atoms with E-state index in [4.69, 9.17) is 10.1 Å². The molecule has 2 aromatic rings. The quantitative estimate of drug-likeness (QED) is 0.802. The number of nitrogens with one attached hydrogen (secondary N) is 1. The van der Waals surface area contributed by atoms with Gasteiger partial charge in [-0.3, -0.25) is 10.2 Å². The number of hydrogen-bond donors (Lipinski definition) is 1. The Bertz CT molecular complexity index is 1080. The molecular weight excluding hydrogens is 374 g/mol. The molecule has 0 saturated heterocycles. The molecule has 0 spiro atoms. The molecule has 1 aromatic carbocycles. The van der Waals surface area contributed by atoms with Crippen LogP contribution in [0, 0.1) is 19.3 Å². The average molecular weight is 393 g/mol. The average Bonchev–Trinajstić information content (AvgIpc) is 3.24. The van der Waals surface area contributed by atoms with Gasteiger partial charge < -0.3 is 9.30 Å². The number of amides is 1. The number of ether oxygens (including phenoxy) is 1. The number of carbonyl (C=O) groups excluding carboxylic acids is 1. The molecule has 1 N–H and O–H groups in total. The molecule has 1 amide bonds. The van der Waals surface area contributed by atoms with E-state index >= 15 is 0 Å². The highest BCUT2D eigenvalue weighted by atomic mass is 32.2. The molecule has 4 rings (SSSR count). The van der Waals surface area contributed by atoms with E-state index in [-0.39, 0.29) is 11.4 Å². The highest BCUT2D eigenvalue weighted by Gasteiger charge is 2.32. The van der Waals surface area contributed by atoms with Crippen LogP contribution in [0.15, 0.2) is 46.0 Å². The van der Waals surface area contributed by atoms with Crippen molar-refractivity contribution in [3.05, 3.63) is 52.9 Å². The molecule has 0 saturated carbocycles. The van der Waals surface area contributed by atoms with Gasteiger partial charge in [-0.1, -0.05) is 12.1 Å². The van der Waals surface area contributed by atoms with Crippen molar-refractivity contribution in [2.45, 2.75) is 20.8 Å². The Kier molecular flexibility index (Phi) is 4.64. The Morgan fingerprint density at radius 3 is 2.86 bits per heavy atom. The second-order valence-corrected chi connectivity index (χ2v) is 7.13. The lowest BCUT2D eigenvalue weighted by Crippen LogP contribution is -2.35. The molecule has 3 heterocycles. The molecule has 1 aromatic heterocycles. The van der Waals surface area contributed by atoms with Gasteiger partial charge >= 0.3 is 0 Å². The number of nitrogens with zero attached hydrogens (tertiary/aromatic N) is 4. The van der Waals surface area contributed by atoms with Gasteiger partial charge in [-0.2, -0.15) is 15.1 Å². The maximum Gasteiger partial charge on any atom is 0.283 e. The predicted molar refractivity (Wildman–Crippen MR) is 112 cm³/mol. The SMILES string of the molecule is CCOc1ccccc1-n1c(C)cc(/C=C2/C(=N)N3N=CSC3=NC2=O)c1C. The van der Waals surface area contributed by atoms with Crippen LogP contribution in [0.3, 0.4) is 0 Å². The standard InChI is InChI=1S/C20H19N5O2S/c1-4-27-17-8-6-5-7-16(17)24-12(2)9-14(13(24)3)10-15-18(21)25-20(23-19(15)26)28-11-22-25/h5-11,21H,4H2,1-3H3/b15-10-,21-18?. The summed E-state index contributed by atoms with van der Waals surface area (Å²) in [5.74, 6) is 0.412.